The summed E-state index contributed by atoms with van der Waals surface area (Å²) in [4.78, 5) is 17.0. The van der Waals surface area contributed by atoms with E-state index in [9.17, 15) is 4.79 Å². The molecule has 6 heteroatoms. The number of fused-ring (bicyclic) bond motifs is 1. The van der Waals surface area contributed by atoms with Crippen molar-refractivity contribution in [2.45, 2.75) is 32.7 Å². The predicted octanol–water partition coefficient (Wildman–Crippen LogP) is 3.00. The van der Waals surface area contributed by atoms with Crippen LogP contribution in [-0.2, 0) is 19.4 Å². The highest BCUT2D eigenvalue weighted by atomic mass is 16.5. The van der Waals surface area contributed by atoms with E-state index in [1.165, 1.54) is 0 Å². The first-order valence-electron chi connectivity index (χ1n) is 9.12. The van der Waals surface area contributed by atoms with Gasteiger partial charge in [0, 0.05) is 29.6 Å². The van der Waals surface area contributed by atoms with Crippen molar-refractivity contribution < 1.29 is 9.53 Å². The van der Waals surface area contributed by atoms with Gasteiger partial charge in [0.1, 0.15) is 0 Å². The first-order valence-corrected chi connectivity index (χ1v) is 9.12. The zero-order valence-corrected chi connectivity index (χ0v) is 15.5. The number of nitrogens with one attached hydrogen (secondary N) is 1. The van der Waals surface area contributed by atoms with Crippen LogP contribution in [0.1, 0.15) is 39.3 Å². The molecule has 3 aromatic rings. The topological polar surface area (TPSA) is 69.0 Å². The molecule has 0 aliphatic heterocycles. The van der Waals surface area contributed by atoms with Gasteiger partial charge in [0.15, 0.2) is 5.69 Å². The minimum atomic E-state index is -0.161. The van der Waals surface area contributed by atoms with Gasteiger partial charge in [-0.1, -0.05) is 24.3 Å². The smallest absolute Gasteiger partial charge is 0.272 e. The molecule has 6 nitrogen and oxygen atoms in total. The molecule has 1 amide bonds. The normalized spacial score (nSPS) is 12.7. The van der Waals surface area contributed by atoms with Gasteiger partial charge in [-0.3, -0.25) is 4.79 Å². The van der Waals surface area contributed by atoms with Crippen molar-refractivity contribution in [2.24, 2.45) is 0 Å². The quantitative estimate of drug-likeness (QED) is 0.758. The van der Waals surface area contributed by atoms with E-state index in [1.54, 1.807) is 13.3 Å². The van der Waals surface area contributed by atoms with Crippen LogP contribution in [0.3, 0.4) is 0 Å². The summed E-state index contributed by atoms with van der Waals surface area (Å²) < 4.78 is 7.19. The van der Waals surface area contributed by atoms with Crippen molar-refractivity contribution in [3.63, 3.8) is 0 Å². The summed E-state index contributed by atoms with van der Waals surface area (Å²) in [6, 6.07) is 11.8. The van der Waals surface area contributed by atoms with E-state index in [-0.39, 0.29) is 5.91 Å². The summed E-state index contributed by atoms with van der Waals surface area (Å²) in [7, 11) is 1.57. The molecule has 0 unspecified atom stereocenters. The minimum Gasteiger partial charge on any atom is -0.481 e. The largest absolute Gasteiger partial charge is 0.481 e. The number of nitrogens with zero attached hydrogens (tertiary/aromatic N) is 3. The fraction of sp³-hybridized carbons (Fsp3) is 0.286. The first-order chi connectivity index (χ1) is 13.2. The molecule has 1 aliphatic rings. The third kappa shape index (κ3) is 3.18. The van der Waals surface area contributed by atoms with Gasteiger partial charge in [-0.2, -0.15) is 5.10 Å². The van der Waals surface area contributed by atoms with Crippen LogP contribution in [0.2, 0.25) is 0 Å². The molecule has 0 saturated heterocycles. The molecule has 0 saturated carbocycles. The van der Waals surface area contributed by atoms with Crippen LogP contribution in [0.5, 0.6) is 5.88 Å². The summed E-state index contributed by atoms with van der Waals surface area (Å²) in [5, 5.41) is 7.64. The van der Waals surface area contributed by atoms with Crippen LogP contribution in [0.25, 0.3) is 5.69 Å². The second-order valence-corrected chi connectivity index (χ2v) is 6.68. The highest BCUT2D eigenvalue weighted by Crippen LogP contribution is 2.29. The number of hydrogen-bond donors (Lipinski definition) is 1. The summed E-state index contributed by atoms with van der Waals surface area (Å²) in [6.07, 6.45) is 4.55. The summed E-state index contributed by atoms with van der Waals surface area (Å²) in [5.74, 6) is 0.361. The van der Waals surface area contributed by atoms with Crippen LogP contribution < -0.4 is 10.1 Å². The van der Waals surface area contributed by atoms with Gasteiger partial charge in [0.25, 0.3) is 5.91 Å². The molecule has 0 atom stereocenters. The van der Waals surface area contributed by atoms with Gasteiger partial charge in [-0.05, 0) is 43.9 Å². The van der Waals surface area contributed by atoms with Gasteiger partial charge >= 0.3 is 0 Å². The van der Waals surface area contributed by atoms with E-state index >= 15 is 0 Å². The maximum Gasteiger partial charge on any atom is 0.272 e. The lowest BCUT2D eigenvalue weighted by atomic mass is 10.1. The molecule has 138 valence electrons. The number of rotatable bonds is 5. The zero-order valence-electron chi connectivity index (χ0n) is 15.5. The standard InChI is InChI=1S/C21H22N4O2/c1-14-7-3-4-10-17(14)25-18-11-5-9-16(18)19(24-25)20(26)23-13-15-8-6-12-22-21(15)27-2/h3-4,6-8,10,12H,5,9,11,13H2,1-2H3,(H,23,26). The number of hydrogen-bond acceptors (Lipinski definition) is 4. The first kappa shape index (κ1) is 17.3. The van der Waals surface area contributed by atoms with Gasteiger partial charge < -0.3 is 10.1 Å². The fourth-order valence-electron chi connectivity index (χ4n) is 3.62. The third-order valence-corrected chi connectivity index (χ3v) is 4.97. The van der Waals surface area contributed by atoms with Crippen molar-refractivity contribution in [3.8, 4) is 11.6 Å². The van der Waals surface area contributed by atoms with E-state index in [0.717, 1.165) is 47.3 Å². The maximum absolute atomic E-state index is 12.9. The fourth-order valence-corrected chi connectivity index (χ4v) is 3.62. The molecule has 0 bridgehead atoms. The van der Waals surface area contributed by atoms with Crippen LogP contribution in [0.15, 0.2) is 42.6 Å². The Morgan fingerprint density at radius 2 is 2.07 bits per heavy atom. The highest BCUT2D eigenvalue weighted by Gasteiger charge is 2.27. The van der Waals surface area contributed by atoms with E-state index < -0.39 is 0 Å². The maximum atomic E-state index is 12.9. The summed E-state index contributed by atoms with van der Waals surface area (Å²) in [6.45, 7) is 2.41. The molecule has 0 radical (unpaired) electrons. The molecule has 2 heterocycles. The Morgan fingerprint density at radius 3 is 2.89 bits per heavy atom. The average Bonchev–Trinajstić information content (AvgIpc) is 3.29. The van der Waals surface area contributed by atoms with Crippen molar-refractivity contribution >= 4 is 5.91 Å². The van der Waals surface area contributed by atoms with Crippen molar-refractivity contribution in [1.82, 2.24) is 20.1 Å². The number of amides is 1. The molecular formula is C21H22N4O2. The number of aromatic nitrogens is 3. The number of methoxy groups -OCH3 is 1. The molecule has 0 spiro atoms. The number of pyridine rings is 1. The zero-order chi connectivity index (χ0) is 18.8. The minimum absolute atomic E-state index is 0.161. The Kier molecular flexibility index (Phi) is 4.62. The number of para-hydroxylation sites is 1. The molecule has 0 fully saturated rings. The molecule has 4 rings (SSSR count). The van der Waals surface area contributed by atoms with E-state index in [1.807, 2.05) is 35.0 Å². The Bertz CT molecular complexity index is 994. The van der Waals surface area contributed by atoms with E-state index in [4.69, 9.17) is 4.74 Å². The Balaban J connectivity index is 1.62. The van der Waals surface area contributed by atoms with Crippen LogP contribution in [0.4, 0.5) is 0 Å². The second-order valence-electron chi connectivity index (χ2n) is 6.68. The van der Waals surface area contributed by atoms with E-state index in [2.05, 4.69) is 28.4 Å². The van der Waals surface area contributed by atoms with Crippen LogP contribution >= 0.6 is 0 Å². The van der Waals surface area contributed by atoms with Crippen molar-refractivity contribution in [2.75, 3.05) is 7.11 Å². The SMILES string of the molecule is COc1ncccc1CNC(=O)c1nn(-c2ccccc2C)c2c1CCC2. The average molecular weight is 362 g/mol. The number of ether oxygens (including phenoxy) is 1. The lowest BCUT2D eigenvalue weighted by Crippen LogP contribution is -2.24. The third-order valence-electron chi connectivity index (χ3n) is 4.97. The van der Waals surface area contributed by atoms with Gasteiger partial charge in [-0.25, -0.2) is 9.67 Å². The molecule has 1 aliphatic carbocycles. The molecule has 27 heavy (non-hydrogen) atoms. The monoisotopic (exact) mass is 362 g/mol. The predicted molar refractivity (Wildman–Crippen MR) is 102 cm³/mol. The van der Waals surface area contributed by atoms with Crippen molar-refractivity contribution in [1.29, 1.82) is 0 Å². The van der Waals surface area contributed by atoms with Gasteiger partial charge in [-0.15, -0.1) is 0 Å². The van der Waals surface area contributed by atoms with Gasteiger partial charge in [0.05, 0.1) is 12.8 Å². The molecule has 2 aromatic heterocycles. The Labute approximate surface area is 158 Å². The van der Waals surface area contributed by atoms with Crippen LogP contribution in [0, 0.1) is 6.92 Å². The summed E-state index contributed by atoms with van der Waals surface area (Å²) in [5.41, 5.74) is 5.74. The van der Waals surface area contributed by atoms with Gasteiger partial charge in [0.2, 0.25) is 5.88 Å². The number of aryl methyl sites for hydroxylation is 1. The summed E-state index contributed by atoms with van der Waals surface area (Å²) >= 11 is 0. The van der Waals surface area contributed by atoms with Crippen LogP contribution in [-0.4, -0.2) is 27.8 Å². The number of benzene rings is 1. The lowest BCUT2D eigenvalue weighted by Gasteiger charge is -2.09. The lowest BCUT2D eigenvalue weighted by molar-refractivity contribution is 0.0944. The molecular weight excluding hydrogens is 340 g/mol. The second kappa shape index (κ2) is 7.23. The molecule has 1 N–H and O–H groups in total. The van der Waals surface area contributed by atoms with Crippen molar-refractivity contribution in [3.05, 3.63) is 70.7 Å². The van der Waals surface area contributed by atoms with E-state index in [0.29, 0.717) is 18.1 Å². The number of carbonyl (C=O) groups is 1. The Morgan fingerprint density at radius 1 is 1.22 bits per heavy atom. The number of carbonyl (C=O) groups excluding carboxylic acids is 1. The Hall–Kier alpha value is -3.15. The highest BCUT2D eigenvalue weighted by molar-refractivity contribution is 5.94. The molecule has 1 aromatic carbocycles.